The zero-order chi connectivity index (χ0) is 15.6. The van der Waals surface area contributed by atoms with Crippen LogP contribution >= 0.6 is 11.3 Å². The van der Waals surface area contributed by atoms with Crippen molar-refractivity contribution in [2.24, 2.45) is 5.92 Å². The van der Waals surface area contributed by atoms with Crippen molar-refractivity contribution >= 4 is 33.3 Å². The minimum absolute atomic E-state index is 0.0160. The summed E-state index contributed by atoms with van der Waals surface area (Å²) in [5.74, 6) is 1.90. The number of carbonyl (C=O) groups excluding carboxylic acids is 1. The largest absolute Gasteiger partial charge is 0.360 e. The molecule has 114 valence electrons. The third kappa shape index (κ3) is 3.69. The fourth-order valence-corrected chi connectivity index (χ4v) is 3.10. The van der Waals surface area contributed by atoms with Crippen LogP contribution in [0.4, 0.5) is 5.82 Å². The number of aryl methyl sites for hydroxylation is 3. The van der Waals surface area contributed by atoms with Gasteiger partial charge in [0, 0.05) is 11.4 Å². The number of carbonyl (C=O) groups is 1. The Morgan fingerprint density at radius 3 is 2.62 bits per heavy atom. The maximum atomic E-state index is 11.8. The third-order valence-corrected chi connectivity index (χ3v) is 4.37. The Kier molecular flexibility index (Phi) is 4.77. The number of aromatic nitrogens is 2. The molecule has 2 aromatic rings. The third-order valence-electron chi connectivity index (χ3n) is 3.26. The molecule has 0 atom stereocenters. The van der Waals surface area contributed by atoms with Gasteiger partial charge in [0.15, 0.2) is 0 Å². The van der Waals surface area contributed by atoms with Crippen molar-refractivity contribution in [3.63, 3.8) is 0 Å². The van der Waals surface area contributed by atoms with Crippen LogP contribution in [-0.2, 0) is 4.79 Å². The summed E-state index contributed by atoms with van der Waals surface area (Å²) in [7, 11) is 0. The summed E-state index contributed by atoms with van der Waals surface area (Å²) in [5.41, 5.74) is 1.18. The summed E-state index contributed by atoms with van der Waals surface area (Å²) >= 11 is 1.66. The number of thiophene rings is 1. The summed E-state index contributed by atoms with van der Waals surface area (Å²) in [4.78, 5) is 22.9. The highest BCUT2D eigenvalue weighted by Gasteiger charge is 2.14. The van der Waals surface area contributed by atoms with Gasteiger partial charge < -0.3 is 10.6 Å². The van der Waals surface area contributed by atoms with Gasteiger partial charge in [-0.05, 0) is 32.3 Å². The number of hydrogen-bond acceptors (Lipinski definition) is 5. The first kappa shape index (κ1) is 15.7. The zero-order valence-corrected chi connectivity index (χ0v) is 14.0. The highest BCUT2D eigenvalue weighted by Crippen LogP contribution is 2.32. The van der Waals surface area contributed by atoms with Crippen LogP contribution in [0.25, 0.3) is 10.2 Å². The van der Waals surface area contributed by atoms with E-state index in [4.69, 9.17) is 0 Å². The second-order valence-electron chi connectivity index (χ2n) is 5.63. The monoisotopic (exact) mass is 306 g/mol. The molecular formula is C15H22N4OS. The van der Waals surface area contributed by atoms with Crippen molar-refractivity contribution in [1.29, 1.82) is 0 Å². The molecule has 0 radical (unpaired) electrons. The molecule has 6 heteroatoms. The lowest BCUT2D eigenvalue weighted by molar-refractivity contribution is -0.119. The molecule has 2 heterocycles. The number of nitrogens with one attached hydrogen (secondary N) is 2. The van der Waals surface area contributed by atoms with E-state index in [0.29, 0.717) is 18.3 Å². The Balaban J connectivity index is 2.16. The van der Waals surface area contributed by atoms with Crippen LogP contribution < -0.4 is 10.6 Å². The second kappa shape index (κ2) is 6.39. The Bertz CT molecular complexity index is 663. The first-order valence-electron chi connectivity index (χ1n) is 7.13. The number of nitrogens with zero attached hydrogens (tertiary/aromatic N) is 2. The van der Waals surface area contributed by atoms with Gasteiger partial charge in [-0.25, -0.2) is 9.97 Å². The number of hydrogen-bond donors (Lipinski definition) is 2. The Morgan fingerprint density at radius 2 is 1.95 bits per heavy atom. The van der Waals surface area contributed by atoms with E-state index in [9.17, 15) is 4.79 Å². The van der Waals surface area contributed by atoms with E-state index in [0.717, 1.165) is 16.0 Å². The Hall–Kier alpha value is -1.69. The molecule has 0 spiro atoms. The first-order chi connectivity index (χ1) is 9.88. The molecule has 0 saturated carbocycles. The predicted octanol–water partition coefficient (Wildman–Crippen LogP) is 2.80. The smallest absolute Gasteiger partial charge is 0.239 e. The Labute approximate surface area is 129 Å². The second-order valence-corrected chi connectivity index (χ2v) is 6.84. The van der Waals surface area contributed by atoms with E-state index in [-0.39, 0.29) is 12.5 Å². The van der Waals surface area contributed by atoms with Crippen molar-refractivity contribution in [3.8, 4) is 0 Å². The minimum atomic E-state index is -0.0160. The standard InChI is InChI=1S/C15H22N4OS/c1-8(2)6-16-12(20)7-17-14-13-9(3)10(4)21-15(13)19-11(5)18-14/h8H,6-7H2,1-5H3,(H,16,20)(H,17,18,19). The van der Waals surface area contributed by atoms with Crippen LogP contribution in [0.3, 0.4) is 0 Å². The number of anilines is 1. The fraction of sp³-hybridized carbons (Fsp3) is 0.533. The lowest BCUT2D eigenvalue weighted by Crippen LogP contribution is -2.32. The van der Waals surface area contributed by atoms with Gasteiger partial charge in [-0.1, -0.05) is 13.8 Å². The summed E-state index contributed by atoms with van der Waals surface area (Å²) in [5, 5.41) is 7.07. The van der Waals surface area contributed by atoms with Crippen molar-refractivity contribution in [2.45, 2.75) is 34.6 Å². The maximum Gasteiger partial charge on any atom is 0.239 e. The van der Waals surface area contributed by atoms with Crippen LogP contribution in [0, 0.1) is 26.7 Å². The molecular weight excluding hydrogens is 284 g/mol. The zero-order valence-electron chi connectivity index (χ0n) is 13.2. The van der Waals surface area contributed by atoms with Crippen LogP contribution in [0.15, 0.2) is 0 Å². The molecule has 0 aliphatic carbocycles. The van der Waals surface area contributed by atoms with Gasteiger partial charge in [-0.3, -0.25) is 4.79 Å². The summed E-state index contributed by atoms with van der Waals surface area (Å²) in [6, 6.07) is 0. The molecule has 0 aliphatic rings. The van der Waals surface area contributed by atoms with Crippen molar-refractivity contribution in [3.05, 3.63) is 16.3 Å². The van der Waals surface area contributed by atoms with Gasteiger partial charge in [-0.2, -0.15) is 0 Å². The van der Waals surface area contributed by atoms with Gasteiger partial charge >= 0.3 is 0 Å². The highest BCUT2D eigenvalue weighted by atomic mass is 32.1. The Morgan fingerprint density at radius 1 is 1.24 bits per heavy atom. The summed E-state index contributed by atoms with van der Waals surface area (Å²) < 4.78 is 0. The van der Waals surface area contributed by atoms with E-state index >= 15 is 0 Å². The van der Waals surface area contributed by atoms with E-state index in [1.807, 2.05) is 6.92 Å². The van der Waals surface area contributed by atoms with Gasteiger partial charge in [0.25, 0.3) is 0 Å². The maximum absolute atomic E-state index is 11.8. The molecule has 0 fully saturated rings. The molecule has 1 amide bonds. The molecule has 0 saturated heterocycles. The molecule has 2 N–H and O–H groups in total. The van der Waals surface area contributed by atoms with Crippen molar-refractivity contribution in [1.82, 2.24) is 15.3 Å². The quantitative estimate of drug-likeness (QED) is 0.891. The topological polar surface area (TPSA) is 66.9 Å². The van der Waals surface area contributed by atoms with E-state index in [1.165, 1.54) is 10.4 Å². The SMILES string of the molecule is Cc1nc(NCC(=O)NCC(C)C)c2c(C)c(C)sc2n1. The van der Waals surface area contributed by atoms with Gasteiger partial charge in [0.05, 0.1) is 11.9 Å². The lowest BCUT2D eigenvalue weighted by Gasteiger charge is -2.10. The van der Waals surface area contributed by atoms with E-state index in [2.05, 4.69) is 48.3 Å². The van der Waals surface area contributed by atoms with E-state index in [1.54, 1.807) is 11.3 Å². The fourth-order valence-electron chi connectivity index (χ4n) is 2.03. The molecule has 5 nitrogen and oxygen atoms in total. The van der Waals surface area contributed by atoms with Crippen LogP contribution in [0.2, 0.25) is 0 Å². The van der Waals surface area contributed by atoms with Crippen molar-refractivity contribution < 1.29 is 4.79 Å². The molecule has 2 rings (SSSR count). The molecule has 0 bridgehead atoms. The van der Waals surface area contributed by atoms with Gasteiger partial charge in [-0.15, -0.1) is 11.3 Å². The lowest BCUT2D eigenvalue weighted by atomic mass is 10.2. The molecule has 0 unspecified atom stereocenters. The molecule has 2 aromatic heterocycles. The molecule has 21 heavy (non-hydrogen) atoms. The first-order valence-corrected chi connectivity index (χ1v) is 7.95. The van der Waals surface area contributed by atoms with Gasteiger partial charge in [0.1, 0.15) is 16.5 Å². The van der Waals surface area contributed by atoms with Crippen molar-refractivity contribution in [2.75, 3.05) is 18.4 Å². The van der Waals surface area contributed by atoms with Crippen LogP contribution in [-0.4, -0.2) is 29.0 Å². The predicted molar refractivity (Wildman–Crippen MR) is 88.0 cm³/mol. The minimum Gasteiger partial charge on any atom is -0.360 e. The number of fused-ring (bicyclic) bond motifs is 1. The van der Waals surface area contributed by atoms with E-state index < -0.39 is 0 Å². The number of rotatable bonds is 5. The van der Waals surface area contributed by atoms with Gasteiger partial charge in [0.2, 0.25) is 5.91 Å². The highest BCUT2D eigenvalue weighted by molar-refractivity contribution is 7.18. The average molecular weight is 306 g/mol. The van der Waals surface area contributed by atoms with Crippen LogP contribution in [0.1, 0.15) is 30.1 Å². The molecule has 0 aromatic carbocycles. The van der Waals surface area contributed by atoms with Crippen LogP contribution in [0.5, 0.6) is 0 Å². The number of amides is 1. The summed E-state index contributed by atoms with van der Waals surface area (Å²) in [6.45, 7) is 11.1. The average Bonchev–Trinajstić information content (AvgIpc) is 2.68. The molecule has 0 aliphatic heterocycles. The normalized spacial score (nSPS) is 11.1. The summed E-state index contributed by atoms with van der Waals surface area (Å²) in [6.07, 6.45) is 0.